The molecule has 1 aliphatic carbocycles. The van der Waals surface area contributed by atoms with Crippen molar-refractivity contribution in [3.05, 3.63) is 65.2 Å². The van der Waals surface area contributed by atoms with Crippen molar-refractivity contribution in [3.63, 3.8) is 0 Å². The Morgan fingerprint density at radius 1 is 1.17 bits per heavy atom. The van der Waals surface area contributed by atoms with Gasteiger partial charge >= 0.3 is 0 Å². The summed E-state index contributed by atoms with van der Waals surface area (Å²) in [5, 5.41) is 4.46. The molecule has 0 aromatic carbocycles. The molecule has 36 heavy (non-hydrogen) atoms. The molecule has 8 heteroatoms. The van der Waals surface area contributed by atoms with Gasteiger partial charge in [-0.15, -0.1) is 0 Å². The molecule has 0 saturated carbocycles. The van der Waals surface area contributed by atoms with Crippen LogP contribution in [0.25, 0.3) is 22.3 Å². The van der Waals surface area contributed by atoms with Crippen molar-refractivity contribution >= 4 is 28.3 Å². The first-order valence-electron chi connectivity index (χ1n) is 12.4. The van der Waals surface area contributed by atoms with Crippen LogP contribution in [0.4, 0.5) is 11.5 Å². The predicted octanol–water partition coefficient (Wildman–Crippen LogP) is 4.47. The molecule has 0 bridgehead atoms. The summed E-state index contributed by atoms with van der Waals surface area (Å²) in [6, 6.07) is 8.20. The minimum absolute atomic E-state index is 0.141. The first-order valence-corrected chi connectivity index (χ1v) is 12.4. The van der Waals surface area contributed by atoms with Crippen LogP contribution in [0.2, 0.25) is 0 Å². The van der Waals surface area contributed by atoms with Crippen molar-refractivity contribution in [1.82, 2.24) is 24.4 Å². The average molecular weight is 483 g/mol. The molecule has 2 aliphatic rings. The average Bonchev–Trinajstić information content (AvgIpc) is 3.61. The largest absolute Gasteiger partial charge is 0.381 e. The Morgan fingerprint density at radius 3 is 2.86 bits per heavy atom. The molecule has 1 saturated heterocycles. The van der Waals surface area contributed by atoms with E-state index >= 15 is 0 Å². The number of nitrogens with one attached hydrogen (secondary N) is 1. The Balaban J connectivity index is 1.39. The number of hydrogen-bond donors (Lipinski definition) is 1. The van der Waals surface area contributed by atoms with Crippen LogP contribution in [-0.4, -0.2) is 57.5 Å². The highest BCUT2D eigenvalue weighted by atomic mass is 16.5. The number of nitrogens with zero attached hydrogens (tertiary/aromatic N) is 5. The fourth-order valence-corrected chi connectivity index (χ4v) is 5.47. The quantitative estimate of drug-likeness (QED) is 0.434. The van der Waals surface area contributed by atoms with Crippen LogP contribution in [0.15, 0.2) is 42.9 Å². The molecular weight excluding hydrogens is 452 g/mol. The second kappa shape index (κ2) is 9.11. The lowest BCUT2D eigenvalue weighted by atomic mass is 9.96. The van der Waals surface area contributed by atoms with Gasteiger partial charge in [-0.1, -0.05) is 6.07 Å². The Morgan fingerprint density at radius 2 is 2.06 bits per heavy atom. The van der Waals surface area contributed by atoms with Gasteiger partial charge in [-0.2, -0.15) is 0 Å². The first kappa shape index (κ1) is 22.8. The van der Waals surface area contributed by atoms with E-state index in [4.69, 9.17) is 14.7 Å². The molecule has 1 aliphatic heterocycles. The molecule has 0 radical (unpaired) electrons. The van der Waals surface area contributed by atoms with Crippen molar-refractivity contribution in [2.24, 2.45) is 7.05 Å². The monoisotopic (exact) mass is 482 g/mol. The molecule has 0 amide bonds. The lowest BCUT2D eigenvalue weighted by Crippen LogP contribution is -2.16. The number of carbonyl (C=O) groups is 1. The second-order valence-electron chi connectivity index (χ2n) is 9.98. The second-order valence-corrected chi connectivity index (χ2v) is 9.98. The van der Waals surface area contributed by atoms with Crippen LogP contribution in [0.3, 0.4) is 0 Å². The molecule has 8 nitrogen and oxygen atoms in total. The lowest BCUT2D eigenvalue weighted by Gasteiger charge is -2.19. The number of ketones is 1. The summed E-state index contributed by atoms with van der Waals surface area (Å²) in [7, 11) is 6.08. The van der Waals surface area contributed by atoms with Gasteiger partial charge in [0.15, 0.2) is 5.78 Å². The number of anilines is 2. The molecule has 1 fully saturated rings. The minimum atomic E-state index is 0.141. The molecule has 1 N–H and O–H groups in total. The number of hydrogen-bond acceptors (Lipinski definition) is 7. The van der Waals surface area contributed by atoms with Crippen LogP contribution >= 0.6 is 0 Å². The number of aromatic nitrogens is 4. The molecule has 6 rings (SSSR count). The number of Topliss-reactive ketones (excluding diaryl/α,β-unsaturated/α-hetero) is 1. The van der Waals surface area contributed by atoms with Crippen molar-refractivity contribution in [2.45, 2.75) is 31.7 Å². The summed E-state index contributed by atoms with van der Waals surface area (Å²) in [6.07, 6.45) is 7.78. The van der Waals surface area contributed by atoms with E-state index in [0.29, 0.717) is 18.8 Å². The Labute approximate surface area is 210 Å². The topological polar surface area (TPSA) is 85.2 Å². The fraction of sp³-hybridized carbons (Fsp3) is 0.357. The third-order valence-corrected chi connectivity index (χ3v) is 7.19. The third kappa shape index (κ3) is 3.96. The fourth-order valence-electron chi connectivity index (χ4n) is 5.47. The van der Waals surface area contributed by atoms with Crippen molar-refractivity contribution in [3.8, 4) is 11.3 Å². The van der Waals surface area contributed by atoms with Gasteiger partial charge in [0.25, 0.3) is 0 Å². The molecular formula is C28H30N6O2. The van der Waals surface area contributed by atoms with Gasteiger partial charge < -0.3 is 19.5 Å². The van der Waals surface area contributed by atoms with E-state index in [1.54, 1.807) is 6.20 Å². The maximum Gasteiger partial charge on any atom is 0.165 e. The maximum atomic E-state index is 13.0. The molecule has 184 valence electrons. The lowest BCUT2D eigenvalue weighted by molar-refractivity contribution is 0.0995. The van der Waals surface area contributed by atoms with Crippen LogP contribution in [0, 0.1) is 0 Å². The molecule has 4 aromatic heterocycles. The highest BCUT2D eigenvalue weighted by Gasteiger charge is 2.29. The molecule has 4 aromatic rings. The number of carbonyl (C=O) groups excluding carboxylic acids is 1. The Bertz CT molecular complexity index is 1470. The van der Waals surface area contributed by atoms with Gasteiger partial charge in [0, 0.05) is 61.4 Å². The van der Waals surface area contributed by atoms with Gasteiger partial charge in [-0.05, 0) is 56.3 Å². The number of pyridine rings is 3. The minimum Gasteiger partial charge on any atom is -0.381 e. The zero-order chi connectivity index (χ0) is 24.8. The van der Waals surface area contributed by atoms with E-state index in [1.165, 1.54) is 5.56 Å². The normalized spacial score (nSPS) is 17.3. The molecule has 0 unspecified atom stereocenters. The standard InChI is InChI=1S/C28H30N6O2/c1-33(2)15-23-18(17-10-13-36-16-17)5-7-25(32-23)31-22-14-30-27(21-4-6-24(35)26(21)22)19-8-11-29-28-20(19)9-12-34(28)3/h5,7-9,11-12,14,17H,4,6,10,13,15-16H2,1-3H3,(H,31,32)/t17-/m1/s1. The van der Waals surface area contributed by atoms with Crippen molar-refractivity contribution in [1.29, 1.82) is 0 Å². The number of ether oxygens (including phenoxy) is 1. The summed E-state index contributed by atoms with van der Waals surface area (Å²) in [5.41, 5.74) is 7.49. The SMILES string of the molecule is CN(C)Cc1nc(Nc2cnc(-c3ccnc4c3ccn4C)c3c2C(=O)CC3)ccc1[C@@H]1CCOC1. The first-order chi connectivity index (χ1) is 17.5. The van der Waals surface area contributed by atoms with E-state index in [0.717, 1.165) is 76.8 Å². The zero-order valence-electron chi connectivity index (χ0n) is 20.9. The van der Waals surface area contributed by atoms with Crippen LogP contribution in [0.5, 0.6) is 0 Å². The van der Waals surface area contributed by atoms with Gasteiger partial charge in [0.05, 0.1) is 29.9 Å². The summed E-state index contributed by atoms with van der Waals surface area (Å²) in [4.78, 5) is 29.5. The van der Waals surface area contributed by atoms with Gasteiger partial charge in [-0.3, -0.25) is 9.78 Å². The number of rotatable bonds is 6. The Hall–Kier alpha value is -3.62. The summed E-state index contributed by atoms with van der Waals surface area (Å²) in [6.45, 7) is 2.28. The van der Waals surface area contributed by atoms with E-state index in [2.05, 4.69) is 27.3 Å². The van der Waals surface area contributed by atoms with E-state index in [9.17, 15) is 4.79 Å². The summed E-state index contributed by atoms with van der Waals surface area (Å²) < 4.78 is 7.63. The maximum absolute atomic E-state index is 13.0. The zero-order valence-corrected chi connectivity index (χ0v) is 20.9. The smallest absolute Gasteiger partial charge is 0.165 e. The Kier molecular flexibility index (Phi) is 5.78. The number of aryl methyl sites for hydroxylation is 1. The van der Waals surface area contributed by atoms with E-state index in [-0.39, 0.29) is 5.78 Å². The number of fused-ring (bicyclic) bond motifs is 2. The molecule has 1 atom stereocenters. The van der Waals surface area contributed by atoms with Gasteiger partial charge in [-0.25, -0.2) is 9.97 Å². The third-order valence-electron chi connectivity index (χ3n) is 7.19. The highest BCUT2D eigenvalue weighted by Crippen LogP contribution is 2.38. The van der Waals surface area contributed by atoms with Crippen molar-refractivity contribution < 1.29 is 9.53 Å². The molecule has 0 spiro atoms. The summed E-state index contributed by atoms with van der Waals surface area (Å²) in [5.74, 6) is 1.24. The highest BCUT2D eigenvalue weighted by molar-refractivity contribution is 6.08. The van der Waals surface area contributed by atoms with Crippen molar-refractivity contribution in [2.75, 3.05) is 32.6 Å². The predicted molar refractivity (Wildman–Crippen MR) is 140 cm³/mol. The summed E-state index contributed by atoms with van der Waals surface area (Å²) >= 11 is 0. The molecule has 5 heterocycles. The van der Waals surface area contributed by atoms with Crippen LogP contribution < -0.4 is 5.32 Å². The van der Waals surface area contributed by atoms with E-state index in [1.807, 2.05) is 50.2 Å². The van der Waals surface area contributed by atoms with Crippen LogP contribution in [-0.2, 0) is 24.8 Å². The van der Waals surface area contributed by atoms with Gasteiger partial charge in [0.2, 0.25) is 0 Å². The van der Waals surface area contributed by atoms with Crippen LogP contribution in [0.1, 0.15) is 45.9 Å². The van der Waals surface area contributed by atoms with Gasteiger partial charge in [0.1, 0.15) is 11.5 Å². The van der Waals surface area contributed by atoms with E-state index < -0.39 is 0 Å².